The number of nitrogens with zero attached hydrogens (tertiary/aromatic N) is 5. The molecule has 9 nitrogen and oxygen atoms in total. The van der Waals surface area contributed by atoms with Crippen LogP contribution in [0.2, 0.25) is 0 Å². The molecule has 2 amide bonds. The van der Waals surface area contributed by atoms with Gasteiger partial charge >= 0.3 is 6.18 Å². The summed E-state index contributed by atoms with van der Waals surface area (Å²) in [5, 5.41) is 2.39. The van der Waals surface area contributed by atoms with Crippen molar-refractivity contribution in [1.29, 1.82) is 0 Å². The van der Waals surface area contributed by atoms with E-state index in [0.717, 1.165) is 31.2 Å². The normalized spacial score (nSPS) is 15.1. The largest absolute Gasteiger partial charge is 0.416 e. The van der Waals surface area contributed by atoms with Crippen LogP contribution in [0.4, 0.5) is 24.8 Å². The molecule has 1 aliphatic heterocycles. The first kappa shape index (κ1) is 26.7. The number of alkyl halides is 3. The Hall–Kier alpha value is -4.92. The van der Waals surface area contributed by atoms with Gasteiger partial charge in [0.05, 0.1) is 18.0 Å². The van der Waals surface area contributed by atoms with Gasteiger partial charge in [-0.3, -0.25) is 14.0 Å². The average Bonchev–Trinajstić information content (AvgIpc) is 3.57. The van der Waals surface area contributed by atoms with Gasteiger partial charge in [-0.1, -0.05) is 18.1 Å². The minimum absolute atomic E-state index is 0.0668. The number of likely N-dealkylation sites (tertiary alicyclic amines) is 1. The second-order valence-corrected chi connectivity index (χ2v) is 9.16. The number of hydrogen-bond donors (Lipinski definition) is 2. The van der Waals surface area contributed by atoms with E-state index in [-0.39, 0.29) is 35.6 Å². The number of pyridine rings is 1. The lowest BCUT2D eigenvalue weighted by Crippen LogP contribution is -2.31. The molecule has 1 aromatic carbocycles. The van der Waals surface area contributed by atoms with Gasteiger partial charge in [-0.2, -0.15) is 13.2 Å². The number of nitrogens with one attached hydrogen (secondary N) is 1. The van der Waals surface area contributed by atoms with E-state index in [2.05, 4.69) is 27.1 Å². The maximum absolute atomic E-state index is 13.0. The number of rotatable bonds is 5. The van der Waals surface area contributed by atoms with Gasteiger partial charge in [0.25, 0.3) is 5.91 Å². The molecule has 0 bridgehead atoms. The molecule has 1 atom stereocenters. The van der Waals surface area contributed by atoms with Gasteiger partial charge in [-0.15, -0.1) is 5.92 Å². The number of carbonyl (C=O) groups is 2. The van der Waals surface area contributed by atoms with Crippen LogP contribution in [0.1, 0.15) is 54.0 Å². The number of hydrogen-bond acceptors (Lipinski definition) is 6. The van der Waals surface area contributed by atoms with E-state index in [4.69, 9.17) is 10.7 Å². The molecule has 0 saturated carbocycles. The Morgan fingerprint density at radius 1 is 1.15 bits per heavy atom. The van der Waals surface area contributed by atoms with Crippen LogP contribution in [0.5, 0.6) is 0 Å². The Morgan fingerprint density at radius 3 is 2.65 bits per heavy atom. The molecule has 1 aliphatic rings. The van der Waals surface area contributed by atoms with Gasteiger partial charge in [-0.05, 0) is 44.0 Å². The molecule has 1 fully saturated rings. The minimum Gasteiger partial charge on any atom is -0.382 e. The Kier molecular flexibility index (Phi) is 7.13. The van der Waals surface area contributed by atoms with Crippen LogP contribution in [0.25, 0.3) is 16.8 Å². The van der Waals surface area contributed by atoms with E-state index < -0.39 is 17.6 Å². The van der Waals surface area contributed by atoms with Crippen LogP contribution < -0.4 is 11.1 Å². The summed E-state index contributed by atoms with van der Waals surface area (Å²) in [5.41, 5.74) is 7.28. The lowest BCUT2D eigenvalue weighted by Gasteiger charge is -2.23. The molecule has 0 spiro atoms. The van der Waals surface area contributed by atoms with Gasteiger partial charge < -0.3 is 16.0 Å². The molecule has 4 heterocycles. The summed E-state index contributed by atoms with van der Waals surface area (Å²) >= 11 is 0. The van der Waals surface area contributed by atoms with Crippen molar-refractivity contribution in [2.24, 2.45) is 0 Å². The highest BCUT2D eigenvalue weighted by molar-refractivity contribution is 6.04. The molecule has 1 unspecified atom stereocenters. The number of nitrogens with two attached hydrogens (primary N) is 1. The Balaban J connectivity index is 1.44. The molecule has 1 saturated heterocycles. The van der Waals surface area contributed by atoms with Crippen molar-refractivity contribution < 1.29 is 22.8 Å². The third-order valence-electron chi connectivity index (χ3n) is 6.65. The van der Waals surface area contributed by atoms with Crippen molar-refractivity contribution in [3.8, 4) is 23.1 Å². The van der Waals surface area contributed by atoms with Crippen LogP contribution in [0, 0.1) is 11.8 Å². The summed E-state index contributed by atoms with van der Waals surface area (Å²) < 4.78 is 40.8. The summed E-state index contributed by atoms with van der Waals surface area (Å²) in [6, 6.07) is 7.73. The van der Waals surface area contributed by atoms with Gasteiger partial charge in [-0.25, -0.2) is 15.0 Å². The van der Waals surface area contributed by atoms with E-state index in [1.165, 1.54) is 12.1 Å². The van der Waals surface area contributed by atoms with Crippen molar-refractivity contribution in [2.45, 2.75) is 38.4 Å². The lowest BCUT2D eigenvalue weighted by atomic mass is 10.1. The number of carbonyl (C=O) groups excluding carboxylic acids is 2. The fourth-order valence-corrected chi connectivity index (χ4v) is 4.77. The molecule has 0 aliphatic carbocycles. The first-order valence-electron chi connectivity index (χ1n) is 12.4. The second-order valence-electron chi connectivity index (χ2n) is 9.16. The summed E-state index contributed by atoms with van der Waals surface area (Å²) in [6.07, 6.45) is 1.42. The zero-order valence-corrected chi connectivity index (χ0v) is 21.4. The quantitative estimate of drug-likeness (QED) is 0.349. The van der Waals surface area contributed by atoms with Crippen molar-refractivity contribution in [2.75, 3.05) is 17.6 Å². The molecule has 3 N–H and O–H groups in total. The van der Waals surface area contributed by atoms with Gasteiger partial charge in [0.1, 0.15) is 28.7 Å². The van der Waals surface area contributed by atoms with Crippen LogP contribution in [-0.4, -0.2) is 42.6 Å². The highest BCUT2D eigenvalue weighted by Gasteiger charge is 2.34. The van der Waals surface area contributed by atoms with Crippen molar-refractivity contribution in [1.82, 2.24) is 24.3 Å². The topological polar surface area (TPSA) is 119 Å². The zero-order chi connectivity index (χ0) is 28.4. The molecule has 204 valence electrons. The smallest absolute Gasteiger partial charge is 0.382 e. The summed E-state index contributed by atoms with van der Waals surface area (Å²) in [4.78, 5) is 40.2. The van der Waals surface area contributed by atoms with Crippen LogP contribution in [0.3, 0.4) is 0 Å². The summed E-state index contributed by atoms with van der Waals surface area (Å²) in [5.74, 6) is 5.58. The standard InChI is InChI=1S/C28H24F3N7O2/c1-2-3-6-22(39)37-14-4-5-20(37)26-36-23(24-25(32)34-13-15-38(24)26)17-7-9-18(10-8-17)27(40)35-21-16-19(11-12-33-21)28(29,30)31/h7-13,15-16,20H,4-6,14H2,1H3,(H2,32,34)(H,33,35,40). The number of aromatic nitrogens is 4. The summed E-state index contributed by atoms with van der Waals surface area (Å²) in [7, 11) is 0. The van der Waals surface area contributed by atoms with Crippen molar-refractivity contribution >= 4 is 29.0 Å². The van der Waals surface area contributed by atoms with Crippen LogP contribution >= 0.6 is 0 Å². The Labute approximate surface area is 227 Å². The minimum atomic E-state index is -4.56. The number of amides is 2. The number of fused-ring (bicyclic) bond motifs is 1. The van der Waals surface area contributed by atoms with Crippen molar-refractivity contribution in [3.63, 3.8) is 0 Å². The SMILES string of the molecule is CC#CCC(=O)N1CCCC1c1nc(-c2ccc(C(=O)Nc3cc(C(F)(F)F)ccn3)cc2)c2c(N)nccn12. The molecule has 3 aromatic heterocycles. The molecule has 5 rings (SSSR count). The molecular formula is C28H24F3N7O2. The Morgan fingerprint density at radius 2 is 1.93 bits per heavy atom. The average molecular weight is 548 g/mol. The first-order valence-corrected chi connectivity index (χ1v) is 12.4. The monoisotopic (exact) mass is 547 g/mol. The van der Waals surface area contributed by atoms with Gasteiger partial charge in [0, 0.05) is 36.3 Å². The number of nitrogen functional groups attached to an aromatic ring is 1. The van der Waals surface area contributed by atoms with E-state index in [1.807, 2.05) is 4.40 Å². The predicted molar refractivity (Wildman–Crippen MR) is 142 cm³/mol. The maximum Gasteiger partial charge on any atom is 0.416 e. The highest BCUT2D eigenvalue weighted by atomic mass is 19.4. The van der Waals surface area contributed by atoms with Crippen molar-refractivity contribution in [3.05, 3.63) is 71.9 Å². The molecule has 40 heavy (non-hydrogen) atoms. The molecule has 4 aromatic rings. The number of imidazole rings is 1. The third-order valence-corrected chi connectivity index (χ3v) is 6.65. The maximum atomic E-state index is 13.0. The Bertz CT molecular complexity index is 1650. The van der Waals surface area contributed by atoms with Gasteiger partial charge in [0.2, 0.25) is 5.91 Å². The van der Waals surface area contributed by atoms with Crippen LogP contribution in [0.15, 0.2) is 55.0 Å². The second kappa shape index (κ2) is 10.7. The number of halogens is 3. The highest BCUT2D eigenvalue weighted by Crippen LogP contribution is 2.37. The molecule has 0 radical (unpaired) electrons. The van der Waals surface area contributed by atoms with E-state index in [9.17, 15) is 22.8 Å². The van der Waals surface area contributed by atoms with E-state index in [0.29, 0.717) is 29.1 Å². The lowest BCUT2D eigenvalue weighted by molar-refractivity contribution is -0.137. The third kappa shape index (κ3) is 5.18. The first-order chi connectivity index (χ1) is 19.2. The van der Waals surface area contributed by atoms with Crippen LogP contribution in [-0.2, 0) is 11.0 Å². The number of benzene rings is 1. The van der Waals surface area contributed by atoms with Gasteiger partial charge in [0.15, 0.2) is 0 Å². The fraction of sp³-hybridized carbons (Fsp3) is 0.250. The van der Waals surface area contributed by atoms with E-state index in [1.54, 1.807) is 36.4 Å². The predicted octanol–water partition coefficient (Wildman–Crippen LogP) is 4.72. The van der Waals surface area contributed by atoms with E-state index >= 15 is 0 Å². The molecular weight excluding hydrogens is 523 g/mol. The molecule has 12 heteroatoms. The fourth-order valence-electron chi connectivity index (χ4n) is 4.77. The summed E-state index contributed by atoms with van der Waals surface area (Å²) in [6.45, 7) is 2.29. The zero-order valence-electron chi connectivity index (χ0n) is 21.4. The number of anilines is 2.